The molecule has 31 heavy (non-hydrogen) atoms. The van der Waals surface area contributed by atoms with Gasteiger partial charge >= 0.3 is 5.97 Å². The van der Waals surface area contributed by atoms with Crippen LogP contribution in [0.4, 0.5) is 0 Å². The van der Waals surface area contributed by atoms with E-state index in [-0.39, 0.29) is 52.6 Å². The number of hydrogen-bond donors (Lipinski definition) is 2. The van der Waals surface area contributed by atoms with Crippen molar-refractivity contribution in [1.29, 1.82) is 0 Å². The summed E-state index contributed by atoms with van der Waals surface area (Å²) in [6, 6.07) is 6.60. The minimum atomic E-state index is -0.659. The zero-order chi connectivity index (χ0) is 21.3. The molecule has 0 saturated carbocycles. The number of nitrogens with zero attached hydrogens (tertiary/aromatic N) is 1. The van der Waals surface area contributed by atoms with Gasteiger partial charge in [-0.25, -0.2) is 4.79 Å². The number of carbonyl (C=O) groups is 3. The van der Waals surface area contributed by atoms with Gasteiger partial charge in [-0.2, -0.15) is 0 Å². The van der Waals surface area contributed by atoms with E-state index >= 15 is 0 Å². The second-order valence-corrected chi connectivity index (χ2v) is 7.67. The molecule has 0 radical (unpaired) electrons. The highest BCUT2D eigenvalue weighted by Crippen LogP contribution is 2.37. The number of aromatic hydroxyl groups is 2. The molecule has 1 fully saturated rings. The number of likely N-dealkylation sites (tertiary alicyclic amines) is 1. The summed E-state index contributed by atoms with van der Waals surface area (Å²) < 4.78 is 5.30. The maximum atomic E-state index is 12.8. The molecule has 0 bridgehead atoms. The van der Waals surface area contributed by atoms with E-state index in [1.165, 1.54) is 43.5 Å². The molecule has 1 heterocycles. The Morgan fingerprint density at radius 3 is 2.39 bits per heavy atom. The first-order valence-electron chi connectivity index (χ1n) is 10.1. The number of ether oxygens (including phenoxy) is 1. The number of ketones is 2. The number of halogens is 1. The molecule has 1 saturated heterocycles. The highest BCUT2D eigenvalue weighted by atomic mass is 35.5. The maximum absolute atomic E-state index is 12.8. The third kappa shape index (κ3) is 4.43. The number of esters is 1. The van der Waals surface area contributed by atoms with Crippen LogP contribution in [-0.4, -0.2) is 58.9 Å². The third-order valence-electron chi connectivity index (χ3n) is 5.64. The smallest absolute Gasteiger partial charge is 0.338 e. The number of hydrogen-bond acceptors (Lipinski definition) is 7. The Morgan fingerprint density at radius 2 is 1.65 bits per heavy atom. The van der Waals surface area contributed by atoms with Gasteiger partial charge in [0, 0.05) is 17.7 Å². The Kier molecular flexibility index (Phi) is 6.97. The first-order chi connectivity index (χ1) is 14.5. The molecule has 2 N–H and O–H groups in total. The molecule has 2 aromatic carbocycles. The maximum Gasteiger partial charge on any atom is 0.338 e. The number of carbonyl (C=O) groups excluding carboxylic acids is 3. The van der Waals surface area contributed by atoms with E-state index in [1.807, 2.05) is 0 Å². The molecule has 1 aliphatic heterocycles. The Balaban J connectivity index is 0.00000272. The van der Waals surface area contributed by atoms with Crippen molar-refractivity contribution >= 4 is 29.9 Å². The van der Waals surface area contributed by atoms with Gasteiger partial charge in [-0.3, -0.25) is 9.59 Å². The van der Waals surface area contributed by atoms with Crippen LogP contribution in [0.15, 0.2) is 30.3 Å². The number of phenols is 2. The van der Waals surface area contributed by atoms with E-state index in [2.05, 4.69) is 4.90 Å². The standard InChI is InChI=1S/C23H23NO6.ClH/c25-17-7-4-6-15-19(17)22(28)20-16(21(15)27)12-14(13-18(20)26)23(29)30-11-5-10-24-8-2-1-3-9-24;/h4,6-7,12-13,25-26H,1-3,5,8-11H2;1H. The lowest BCUT2D eigenvalue weighted by atomic mass is 9.82. The summed E-state index contributed by atoms with van der Waals surface area (Å²) in [5.41, 5.74) is -0.375. The van der Waals surface area contributed by atoms with Crippen LogP contribution in [0.25, 0.3) is 0 Å². The molecule has 0 atom stereocenters. The van der Waals surface area contributed by atoms with Crippen molar-refractivity contribution in [2.45, 2.75) is 25.7 Å². The molecule has 1 aliphatic carbocycles. The molecule has 4 rings (SSSR count). The van der Waals surface area contributed by atoms with Gasteiger partial charge < -0.3 is 19.8 Å². The zero-order valence-corrected chi connectivity index (χ0v) is 17.7. The van der Waals surface area contributed by atoms with Gasteiger partial charge in [-0.15, -0.1) is 12.4 Å². The van der Waals surface area contributed by atoms with Gasteiger partial charge in [-0.1, -0.05) is 18.6 Å². The fourth-order valence-electron chi connectivity index (χ4n) is 4.12. The lowest BCUT2D eigenvalue weighted by molar-refractivity contribution is 0.0484. The van der Waals surface area contributed by atoms with Crippen molar-refractivity contribution in [3.05, 3.63) is 58.1 Å². The zero-order valence-electron chi connectivity index (χ0n) is 16.9. The molecule has 7 nitrogen and oxygen atoms in total. The number of piperidine rings is 1. The van der Waals surface area contributed by atoms with Gasteiger partial charge in [0.2, 0.25) is 5.78 Å². The van der Waals surface area contributed by atoms with Crippen molar-refractivity contribution in [3.8, 4) is 11.5 Å². The van der Waals surface area contributed by atoms with Crippen LogP contribution in [0, 0.1) is 0 Å². The van der Waals surface area contributed by atoms with Crippen LogP contribution in [0.1, 0.15) is 67.9 Å². The second kappa shape index (κ2) is 9.49. The summed E-state index contributed by atoms with van der Waals surface area (Å²) in [4.78, 5) is 40.4. The van der Waals surface area contributed by atoms with Crippen LogP contribution < -0.4 is 0 Å². The highest BCUT2D eigenvalue weighted by molar-refractivity contribution is 6.30. The SMILES string of the molecule is Cl.O=C(OCCCN1CCCCC1)c1cc(O)c2c(c1)C(=O)c1cccc(O)c1C2=O. The fourth-order valence-corrected chi connectivity index (χ4v) is 4.12. The second-order valence-electron chi connectivity index (χ2n) is 7.67. The molecular weight excluding hydrogens is 422 g/mol. The summed E-state index contributed by atoms with van der Waals surface area (Å²) >= 11 is 0. The fraction of sp³-hybridized carbons (Fsp3) is 0.348. The third-order valence-corrected chi connectivity index (χ3v) is 5.64. The molecule has 0 amide bonds. The topological polar surface area (TPSA) is 104 Å². The summed E-state index contributed by atoms with van der Waals surface area (Å²) in [6.45, 7) is 3.23. The van der Waals surface area contributed by atoms with E-state index in [0.29, 0.717) is 6.42 Å². The van der Waals surface area contributed by atoms with E-state index in [0.717, 1.165) is 25.7 Å². The quantitative estimate of drug-likeness (QED) is 0.458. The molecular formula is C23H24ClNO6. The number of phenolic OH excluding ortho intramolecular Hbond substituents is 2. The molecule has 164 valence electrons. The molecule has 2 aliphatic rings. The van der Waals surface area contributed by atoms with Gasteiger partial charge in [0.1, 0.15) is 11.5 Å². The highest BCUT2D eigenvalue weighted by Gasteiger charge is 2.35. The predicted octanol–water partition coefficient (Wildman–Crippen LogP) is 3.33. The normalized spacial score (nSPS) is 15.6. The summed E-state index contributed by atoms with van der Waals surface area (Å²) in [5, 5.41) is 20.3. The molecule has 8 heteroatoms. The number of benzene rings is 2. The Morgan fingerprint density at radius 1 is 0.935 bits per heavy atom. The van der Waals surface area contributed by atoms with E-state index in [1.54, 1.807) is 0 Å². The van der Waals surface area contributed by atoms with Gasteiger partial charge in [-0.05, 0) is 50.6 Å². The van der Waals surface area contributed by atoms with Crippen LogP contribution in [-0.2, 0) is 4.74 Å². The van der Waals surface area contributed by atoms with Crippen molar-refractivity contribution < 1.29 is 29.3 Å². The summed E-state index contributed by atoms with van der Waals surface area (Å²) in [6.07, 6.45) is 4.36. The Bertz CT molecular complexity index is 1030. The largest absolute Gasteiger partial charge is 0.507 e. The van der Waals surface area contributed by atoms with Crippen molar-refractivity contribution in [3.63, 3.8) is 0 Å². The minimum Gasteiger partial charge on any atom is -0.507 e. The Labute approximate surface area is 186 Å². The number of fused-ring (bicyclic) bond motifs is 2. The van der Waals surface area contributed by atoms with Gasteiger partial charge in [0.05, 0.1) is 23.3 Å². The van der Waals surface area contributed by atoms with Crippen molar-refractivity contribution in [1.82, 2.24) is 4.90 Å². The van der Waals surface area contributed by atoms with E-state index in [4.69, 9.17) is 4.74 Å². The number of rotatable bonds is 5. The van der Waals surface area contributed by atoms with E-state index < -0.39 is 23.3 Å². The first kappa shape index (κ1) is 22.8. The summed E-state index contributed by atoms with van der Waals surface area (Å²) in [7, 11) is 0. The molecule has 0 aromatic heterocycles. The van der Waals surface area contributed by atoms with Crippen molar-refractivity contribution in [2.24, 2.45) is 0 Å². The minimum absolute atomic E-state index is 0. The van der Waals surface area contributed by atoms with Crippen molar-refractivity contribution in [2.75, 3.05) is 26.2 Å². The Hall–Kier alpha value is -2.90. The monoisotopic (exact) mass is 445 g/mol. The van der Waals surface area contributed by atoms with Gasteiger partial charge in [0.15, 0.2) is 5.78 Å². The van der Waals surface area contributed by atoms with E-state index in [9.17, 15) is 24.6 Å². The average Bonchev–Trinajstić information content (AvgIpc) is 2.75. The summed E-state index contributed by atoms with van der Waals surface area (Å²) in [5.74, 6) is -2.66. The molecule has 0 unspecified atom stereocenters. The lowest BCUT2D eigenvalue weighted by Crippen LogP contribution is -2.31. The average molecular weight is 446 g/mol. The first-order valence-corrected chi connectivity index (χ1v) is 10.1. The van der Waals surface area contributed by atoms with Crippen LogP contribution in [0.3, 0.4) is 0 Å². The van der Waals surface area contributed by atoms with Crippen LogP contribution >= 0.6 is 12.4 Å². The van der Waals surface area contributed by atoms with Gasteiger partial charge in [0.25, 0.3) is 0 Å². The van der Waals surface area contributed by atoms with Crippen LogP contribution in [0.2, 0.25) is 0 Å². The molecule has 2 aromatic rings. The van der Waals surface area contributed by atoms with Crippen LogP contribution in [0.5, 0.6) is 11.5 Å². The molecule has 0 spiro atoms. The predicted molar refractivity (Wildman–Crippen MR) is 116 cm³/mol. The lowest BCUT2D eigenvalue weighted by Gasteiger charge is -2.26.